The Morgan fingerprint density at radius 3 is 2.05 bits per heavy atom. The molecule has 0 fully saturated rings. The fourth-order valence-corrected chi connectivity index (χ4v) is 1.35. The molecule has 0 bridgehead atoms. The van der Waals surface area contributed by atoms with E-state index in [-0.39, 0.29) is 30.0 Å². The van der Waals surface area contributed by atoms with Crippen LogP contribution in [-0.4, -0.2) is 56.5 Å². The standard InChI is InChI=1S/C13H26O5S/c1-5-15-6-10(2)16-7-11(3)17-8-12(4)18-13(14)9-19/h10-12,19H,5-9H2,1-4H3. The van der Waals surface area contributed by atoms with Crippen LogP contribution in [0.15, 0.2) is 0 Å². The minimum absolute atomic E-state index is 0.0467. The van der Waals surface area contributed by atoms with Gasteiger partial charge in [-0.1, -0.05) is 0 Å². The van der Waals surface area contributed by atoms with E-state index in [4.69, 9.17) is 18.9 Å². The lowest BCUT2D eigenvalue weighted by Crippen LogP contribution is -2.27. The molecule has 19 heavy (non-hydrogen) atoms. The molecular weight excluding hydrogens is 268 g/mol. The smallest absolute Gasteiger partial charge is 0.315 e. The van der Waals surface area contributed by atoms with Crippen LogP contribution in [0.3, 0.4) is 0 Å². The molecule has 6 heteroatoms. The van der Waals surface area contributed by atoms with Gasteiger partial charge < -0.3 is 18.9 Å². The molecule has 0 saturated heterocycles. The van der Waals surface area contributed by atoms with Crippen LogP contribution in [-0.2, 0) is 23.7 Å². The Hall–Kier alpha value is -0.300. The van der Waals surface area contributed by atoms with Crippen molar-refractivity contribution in [2.45, 2.75) is 46.0 Å². The van der Waals surface area contributed by atoms with Crippen LogP contribution in [0.2, 0.25) is 0 Å². The molecule has 0 radical (unpaired) electrons. The highest BCUT2D eigenvalue weighted by Crippen LogP contribution is 2.01. The van der Waals surface area contributed by atoms with Gasteiger partial charge in [-0.15, -0.1) is 0 Å². The molecule has 0 aromatic carbocycles. The maximum Gasteiger partial charge on any atom is 0.315 e. The van der Waals surface area contributed by atoms with Gasteiger partial charge in [0.15, 0.2) is 0 Å². The normalized spacial score (nSPS) is 15.8. The zero-order valence-corrected chi connectivity index (χ0v) is 13.2. The van der Waals surface area contributed by atoms with Crippen LogP contribution >= 0.6 is 12.6 Å². The van der Waals surface area contributed by atoms with E-state index in [1.165, 1.54) is 0 Å². The van der Waals surface area contributed by atoms with Crippen molar-refractivity contribution in [2.75, 3.05) is 32.2 Å². The van der Waals surface area contributed by atoms with E-state index >= 15 is 0 Å². The molecule has 0 amide bonds. The average molecular weight is 294 g/mol. The number of ether oxygens (including phenoxy) is 4. The van der Waals surface area contributed by atoms with Crippen LogP contribution < -0.4 is 0 Å². The molecule has 0 N–H and O–H groups in total. The fraction of sp³-hybridized carbons (Fsp3) is 0.923. The predicted octanol–water partition coefficient (Wildman–Crippen LogP) is 1.69. The molecule has 114 valence electrons. The first-order valence-electron chi connectivity index (χ1n) is 6.60. The summed E-state index contributed by atoms with van der Waals surface area (Å²) in [6.07, 6.45) is -0.283. The first kappa shape index (κ1) is 18.7. The number of carbonyl (C=O) groups is 1. The Kier molecular flexibility index (Phi) is 11.3. The van der Waals surface area contributed by atoms with E-state index in [1.807, 2.05) is 20.8 Å². The van der Waals surface area contributed by atoms with Crippen molar-refractivity contribution in [1.29, 1.82) is 0 Å². The molecule has 0 spiro atoms. The van der Waals surface area contributed by atoms with Gasteiger partial charge in [-0.2, -0.15) is 12.6 Å². The number of hydrogen-bond acceptors (Lipinski definition) is 6. The third-order valence-corrected chi connectivity index (χ3v) is 2.51. The Bertz CT molecular complexity index is 237. The topological polar surface area (TPSA) is 54.0 Å². The summed E-state index contributed by atoms with van der Waals surface area (Å²) >= 11 is 3.84. The lowest BCUT2D eigenvalue weighted by Gasteiger charge is -2.19. The van der Waals surface area contributed by atoms with Gasteiger partial charge in [0.2, 0.25) is 0 Å². The number of esters is 1. The third-order valence-electron chi connectivity index (χ3n) is 2.25. The van der Waals surface area contributed by atoms with Crippen molar-refractivity contribution in [3.05, 3.63) is 0 Å². The largest absolute Gasteiger partial charge is 0.460 e. The summed E-state index contributed by atoms with van der Waals surface area (Å²) in [5, 5.41) is 0. The van der Waals surface area contributed by atoms with Gasteiger partial charge in [-0.25, -0.2) is 0 Å². The van der Waals surface area contributed by atoms with Gasteiger partial charge in [-0.05, 0) is 27.7 Å². The van der Waals surface area contributed by atoms with Crippen molar-refractivity contribution in [3.8, 4) is 0 Å². The van der Waals surface area contributed by atoms with Crippen LogP contribution in [0.4, 0.5) is 0 Å². The summed E-state index contributed by atoms with van der Waals surface area (Å²) < 4.78 is 21.4. The maximum atomic E-state index is 11.0. The first-order valence-corrected chi connectivity index (χ1v) is 7.24. The average Bonchev–Trinajstić information content (AvgIpc) is 2.40. The number of hydrogen-bond donors (Lipinski definition) is 1. The molecule has 0 rings (SSSR count). The van der Waals surface area contributed by atoms with Crippen molar-refractivity contribution in [2.24, 2.45) is 0 Å². The van der Waals surface area contributed by atoms with Gasteiger partial charge in [0.05, 0.1) is 37.8 Å². The molecule has 3 unspecified atom stereocenters. The molecule has 3 atom stereocenters. The highest BCUT2D eigenvalue weighted by Gasteiger charge is 2.12. The van der Waals surface area contributed by atoms with Crippen molar-refractivity contribution in [1.82, 2.24) is 0 Å². The van der Waals surface area contributed by atoms with E-state index in [1.54, 1.807) is 6.92 Å². The van der Waals surface area contributed by atoms with Crippen molar-refractivity contribution >= 4 is 18.6 Å². The van der Waals surface area contributed by atoms with Crippen molar-refractivity contribution in [3.63, 3.8) is 0 Å². The summed E-state index contributed by atoms with van der Waals surface area (Å²) in [5.74, 6) is -0.258. The summed E-state index contributed by atoms with van der Waals surface area (Å²) in [4.78, 5) is 11.0. The maximum absolute atomic E-state index is 11.0. The molecular formula is C13H26O5S. The monoisotopic (exact) mass is 294 g/mol. The Labute approximate surface area is 121 Å². The molecule has 0 saturated carbocycles. The van der Waals surface area contributed by atoms with Crippen LogP contribution in [0.1, 0.15) is 27.7 Å². The predicted molar refractivity (Wildman–Crippen MR) is 76.7 cm³/mol. The lowest BCUT2D eigenvalue weighted by atomic mass is 10.4. The summed E-state index contributed by atoms with van der Waals surface area (Å²) in [6, 6.07) is 0. The molecule has 0 aromatic rings. The number of carbonyl (C=O) groups excluding carboxylic acids is 1. The Balaban J connectivity index is 3.63. The fourth-order valence-electron chi connectivity index (χ4n) is 1.28. The van der Waals surface area contributed by atoms with Crippen LogP contribution in [0.25, 0.3) is 0 Å². The number of rotatable bonds is 11. The SMILES string of the molecule is CCOCC(C)OCC(C)OCC(C)OC(=O)CS. The number of thiol groups is 1. The molecule has 0 aliphatic heterocycles. The minimum Gasteiger partial charge on any atom is -0.460 e. The minimum atomic E-state index is -0.339. The van der Waals surface area contributed by atoms with Crippen molar-refractivity contribution < 1.29 is 23.7 Å². The van der Waals surface area contributed by atoms with Gasteiger partial charge in [0.25, 0.3) is 0 Å². The van der Waals surface area contributed by atoms with E-state index < -0.39 is 0 Å². The van der Waals surface area contributed by atoms with Gasteiger partial charge in [0.1, 0.15) is 6.10 Å². The van der Waals surface area contributed by atoms with E-state index in [2.05, 4.69) is 12.6 Å². The molecule has 0 aliphatic rings. The summed E-state index contributed by atoms with van der Waals surface area (Å²) in [7, 11) is 0. The second kappa shape index (κ2) is 11.5. The highest BCUT2D eigenvalue weighted by molar-refractivity contribution is 7.81. The highest BCUT2D eigenvalue weighted by atomic mass is 32.1. The zero-order valence-electron chi connectivity index (χ0n) is 12.3. The second-order valence-electron chi connectivity index (χ2n) is 4.41. The Morgan fingerprint density at radius 1 is 1.00 bits per heavy atom. The van der Waals surface area contributed by atoms with Gasteiger partial charge >= 0.3 is 5.97 Å². The molecule has 0 aliphatic carbocycles. The third kappa shape index (κ3) is 11.2. The van der Waals surface area contributed by atoms with Gasteiger partial charge in [-0.3, -0.25) is 4.79 Å². The summed E-state index contributed by atoms with van der Waals surface area (Å²) in [5.41, 5.74) is 0. The molecule has 0 aromatic heterocycles. The molecule has 5 nitrogen and oxygen atoms in total. The lowest BCUT2D eigenvalue weighted by molar-refractivity contribution is -0.149. The van der Waals surface area contributed by atoms with Crippen LogP contribution in [0.5, 0.6) is 0 Å². The Morgan fingerprint density at radius 2 is 1.53 bits per heavy atom. The van der Waals surface area contributed by atoms with E-state index in [0.29, 0.717) is 26.4 Å². The first-order chi connectivity index (χ1) is 8.99. The second-order valence-corrected chi connectivity index (χ2v) is 4.72. The quantitative estimate of drug-likeness (QED) is 0.464. The van der Waals surface area contributed by atoms with E-state index in [0.717, 1.165) is 0 Å². The molecule has 0 heterocycles. The van der Waals surface area contributed by atoms with Gasteiger partial charge in [0, 0.05) is 6.61 Å². The van der Waals surface area contributed by atoms with E-state index in [9.17, 15) is 4.79 Å². The van der Waals surface area contributed by atoms with Crippen LogP contribution in [0, 0.1) is 0 Å². The summed E-state index contributed by atoms with van der Waals surface area (Å²) in [6.45, 7) is 9.72. The zero-order chi connectivity index (χ0) is 14.7.